The van der Waals surface area contributed by atoms with Crippen LogP contribution < -0.4 is 9.64 Å². The van der Waals surface area contributed by atoms with Gasteiger partial charge < -0.3 is 9.64 Å². The standard InChI is InChI=1S/C25H26F2N8O/c1-3-16-12-29-25(30-13-16)35-8-6-17(7-9-35)15-36-23-20(26)10-19(11-21(23)27)18-4-5-22(28-14-18)24-31-32-33-34(24)2/h4-5,10-14,17H,3,6-9,15H2,1-2H3. The topological polar surface area (TPSA) is 94.7 Å². The largest absolute Gasteiger partial charge is 0.487 e. The first kappa shape index (κ1) is 23.7. The molecule has 1 aromatic carbocycles. The van der Waals surface area contributed by atoms with Crippen LogP contribution in [0.4, 0.5) is 14.7 Å². The lowest BCUT2D eigenvalue weighted by atomic mass is 9.98. The second kappa shape index (κ2) is 10.3. The molecule has 36 heavy (non-hydrogen) atoms. The van der Waals surface area contributed by atoms with Crippen molar-refractivity contribution in [2.24, 2.45) is 13.0 Å². The van der Waals surface area contributed by atoms with Crippen LogP contribution in [-0.4, -0.2) is 54.9 Å². The molecule has 0 saturated carbocycles. The average molecular weight is 493 g/mol. The summed E-state index contributed by atoms with van der Waals surface area (Å²) in [6.07, 6.45) is 7.81. The first-order chi connectivity index (χ1) is 17.5. The molecular weight excluding hydrogens is 466 g/mol. The summed E-state index contributed by atoms with van der Waals surface area (Å²) in [6, 6.07) is 5.95. The Kier molecular flexibility index (Phi) is 6.79. The number of nitrogens with zero attached hydrogens (tertiary/aromatic N) is 8. The fourth-order valence-electron chi connectivity index (χ4n) is 4.20. The second-order valence-corrected chi connectivity index (χ2v) is 8.81. The van der Waals surface area contributed by atoms with Gasteiger partial charge in [-0.05, 0) is 64.9 Å². The third kappa shape index (κ3) is 5.00. The fraction of sp³-hybridized carbons (Fsp3) is 0.360. The second-order valence-electron chi connectivity index (χ2n) is 8.81. The lowest BCUT2D eigenvalue weighted by Crippen LogP contribution is -2.36. The Hall–Kier alpha value is -4.02. The lowest BCUT2D eigenvalue weighted by Gasteiger charge is -2.31. The van der Waals surface area contributed by atoms with E-state index in [0.717, 1.165) is 43.9 Å². The van der Waals surface area contributed by atoms with Crippen LogP contribution in [0.5, 0.6) is 5.75 Å². The number of pyridine rings is 1. The van der Waals surface area contributed by atoms with Crippen LogP contribution in [0.25, 0.3) is 22.6 Å². The van der Waals surface area contributed by atoms with E-state index < -0.39 is 11.6 Å². The number of hydrogen-bond acceptors (Lipinski definition) is 8. The van der Waals surface area contributed by atoms with E-state index in [1.165, 1.54) is 23.0 Å². The number of halogens is 2. The van der Waals surface area contributed by atoms with E-state index in [-0.39, 0.29) is 18.3 Å². The molecule has 9 nitrogen and oxygen atoms in total. The van der Waals surface area contributed by atoms with Crippen LogP contribution in [0.2, 0.25) is 0 Å². The maximum absolute atomic E-state index is 14.8. The van der Waals surface area contributed by atoms with Gasteiger partial charge >= 0.3 is 0 Å². The van der Waals surface area contributed by atoms with Gasteiger partial charge in [-0.2, -0.15) is 0 Å². The average Bonchev–Trinajstić information content (AvgIpc) is 3.34. The Bertz CT molecular complexity index is 1300. The number of anilines is 1. The molecule has 3 aromatic heterocycles. The van der Waals surface area contributed by atoms with Crippen molar-refractivity contribution < 1.29 is 13.5 Å². The highest BCUT2D eigenvalue weighted by Crippen LogP contribution is 2.30. The van der Waals surface area contributed by atoms with E-state index in [9.17, 15) is 8.78 Å². The number of tetrazole rings is 1. The van der Waals surface area contributed by atoms with E-state index >= 15 is 0 Å². The van der Waals surface area contributed by atoms with Crippen molar-refractivity contribution >= 4 is 5.95 Å². The Labute approximate surface area is 207 Å². The molecular formula is C25H26F2N8O. The quantitative estimate of drug-likeness (QED) is 0.384. The smallest absolute Gasteiger partial charge is 0.225 e. The van der Waals surface area contributed by atoms with E-state index in [2.05, 4.69) is 42.3 Å². The minimum atomic E-state index is -0.742. The summed E-state index contributed by atoms with van der Waals surface area (Å²) >= 11 is 0. The molecule has 11 heteroatoms. The number of aromatic nitrogens is 7. The maximum Gasteiger partial charge on any atom is 0.225 e. The fourth-order valence-corrected chi connectivity index (χ4v) is 4.20. The zero-order valence-electron chi connectivity index (χ0n) is 20.1. The van der Waals surface area contributed by atoms with Crippen LogP contribution in [-0.2, 0) is 13.5 Å². The van der Waals surface area contributed by atoms with Crippen LogP contribution >= 0.6 is 0 Å². The summed E-state index contributed by atoms with van der Waals surface area (Å²) < 4.78 is 36.7. The molecule has 0 radical (unpaired) electrons. The SMILES string of the molecule is CCc1cnc(N2CCC(COc3c(F)cc(-c4ccc(-c5nnnn5C)nc4)cc3F)CC2)nc1. The summed E-state index contributed by atoms with van der Waals surface area (Å²) in [4.78, 5) is 15.3. The van der Waals surface area contributed by atoms with Gasteiger partial charge in [-0.3, -0.25) is 4.98 Å². The van der Waals surface area contributed by atoms with Crippen molar-refractivity contribution in [1.82, 2.24) is 35.2 Å². The zero-order valence-corrected chi connectivity index (χ0v) is 20.1. The number of hydrogen-bond donors (Lipinski definition) is 0. The highest BCUT2D eigenvalue weighted by Gasteiger charge is 2.23. The Balaban J connectivity index is 1.19. The first-order valence-electron chi connectivity index (χ1n) is 11.9. The molecule has 0 N–H and O–H groups in total. The molecule has 0 spiro atoms. The predicted molar refractivity (Wildman–Crippen MR) is 129 cm³/mol. The molecule has 186 valence electrons. The van der Waals surface area contributed by atoms with Gasteiger partial charge in [0.1, 0.15) is 5.69 Å². The van der Waals surface area contributed by atoms with Crippen LogP contribution in [0.1, 0.15) is 25.3 Å². The zero-order chi connectivity index (χ0) is 25.1. The van der Waals surface area contributed by atoms with Gasteiger partial charge in [0.05, 0.1) is 6.61 Å². The monoisotopic (exact) mass is 492 g/mol. The third-order valence-electron chi connectivity index (χ3n) is 6.41. The van der Waals surface area contributed by atoms with E-state index in [1.54, 1.807) is 19.2 Å². The summed E-state index contributed by atoms with van der Waals surface area (Å²) in [6.45, 7) is 3.86. The van der Waals surface area contributed by atoms with E-state index in [1.807, 2.05) is 12.4 Å². The van der Waals surface area contributed by atoms with Gasteiger partial charge in [0, 0.05) is 44.3 Å². The van der Waals surface area contributed by atoms with E-state index in [0.29, 0.717) is 22.6 Å². The Morgan fingerprint density at radius 1 is 0.972 bits per heavy atom. The number of rotatable bonds is 7. The molecule has 1 fully saturated rings. The highest BCUT2D eigenvalue weighted by molar-refractivity contribution is 5.66. The van der Waals surface area contributed by atoms with Crippen LogP contribution in [0.3, 0.4) is 0 Å². The van der Waals surface area contributed by atoms with Gasteiger partial charge in [0.15, 0.2) is 23.2 Å². The van der Waals surface area contributed by atoms with E-state index in [4.69, 9.17) is 4.74 Å². The van der Waals surface area contributed by atoms with Crippen LogP contribution in [0.15, 0.2) is 42.9 Å². The van der Waals surface area contributed by atoms with Crippen molar-refractivity contribution in [2.45, 2.75) is 26.2 Å². The van der Waals surface area contributed by atoms with Crippen molar-refractivity contribution in [3.05, 3.63) is 60.1 Å². The number of ether oxygens (including phenoxy) is 1. The van der Waals surface area contributed by atoms with Crippen molar-refractivity contribution in [3.8, 4) is 28.4 Å². The van der Waals surface area contributed by atoms with Crippen LogP contribution in [0, 0.1) is 17.6 Å². The molecule has 0 aliphatic carbocycles. The van der Waals surface area contributed by atoms with Gasteiger partial charge in [-0.25, -0.2) is 23.4 Å². The summed E-state index contributed by atoms with van der Waals surface area (Å²) in [5.74, 6) is -0.428. The van der Waals surface area contributed by atoms with Gasteiger partial charge in [0.2, 0.25) is 5.95 Å². The molecule has 1 aliphatic rings. The van der Waals surface area contributed by atoms with Gasteiger partial charge in [-0.1, -0.05) is 13.0 Å². The van der Waals surface area contributed by atoms with Crippen molar-refractivity contribution in [3.63, 3.8) is 0 Å². The molecule has 0 bridgehead atoms. The molecule has 0 atom stereocenters. The minimum Gasteiger partial charge on any atom is -0.487 e. The predicted octanol–water partition coefficient (Wildman–Crippen LogP) is 3.87. The molecule has 4 aromatic rings. The lowest BCUT2D eigenvalue weighted by molar-refractivity contribution is 0.207. The molecule has 5 rings (SSSR count). The highest BCUT2D eigenvalue weighted by atomic mass is 19.1. The summed E-state index contributed by atoms with van der Waals surface area (Å²) in [5, 5.41) is 11.3. The maximum atomic E-state index is 14.8. The minimum absolute atomic E-state index is 0.196. The molecule has 0 unspecified atom stereocenters. The number of piperidine rings is 1. The first-order valence-corrected chi connectivity index (χ1v) is 11.9. The molecule has 4 heterocycles. The summed E-state index contributed by atoms with van der Waals surface area (Å²) in [7, 11) is 1.71. The van der Waals surface area contributed by atoms with Crippen molar-refractivity contribution in [1.29, 1.82) is 0 Å². The number of aryl methyl sites for hydroxylation is 2. The Morgan fingerprint density at radius 2 is 1.69 bits per heavy atom. The molecule has 1 aliphatic heterocycles. The summed E-state index contributed by atoms with van der Waals surface area (Å²) in [5.41, 5.74) is 2.60. The van der Waals surface area contributed by atoms with Gasteiger partial charge in [0.25, 0.3) is 0 Å². The van der Waals surface area contributed by atoms with Crippen molar-refractivity contribution in [2.75, 3.05) is 24.6 Å². The Morgan fingerprint density at radius 3 is 2.28 bits per heavy atom. The molecule has 0 amide bonds. The third-order valence-corrected chi connectivity index (χ3v) is 6.41. The van der Waals surface area contributed by atoms with Gasteiger partial charge in [-0.15, -0.1) is 5.10 Å². The number of benzene rings is 1. The normalized spacial score (nSPS) is 14.3. The molecule has 1 saturated heterocycles.